The van der Waals surface area contributed by atoms with Crippen LogP contribution in [-0.4, -0.2) is 107 Å². The molecule has 4 aromatic rings. The van der Waals surface area contributed by atoms with Crippen molar-refractivity contribution in [3.63, 3.8) is 0 Å². The van der Waals surface area contributed by atoms with Gasteiger partial charge in [0.2, 0.25) is 11.8 Å². The number of methoxy groups -OCH3 is 1. The molecule has 3 fully saturated rings. The lowest BCUT2D eigenvalue weighted by Gasteiger charge is -2.36. The van der Waals surface area contributed by atoms with Crippen LogP contribution in [0.2, 0.25) is 0 Å². The molecule has 4 aliphatic rings. The van der Waals surface area contributed by atoms with Crippen molar-refractivity contribution in [1.29, 1.82) is 0 Å². The number of aromatic nitrogens is 3. The number of hydrogen-bond acceptors (Lipinski definition) is 11. The maximum absolute atomic E-state index is 14.5. The van der Waals surface area contributed by atoms with Gasteiger partial charge in [0.15, 0.2) is 0 Å². The average Bonchev–Trinajstić information content (AvgIpc) is 3.59. The monoisotopic (exact) mass is 852 g/mol. The third-order valence-corrected chi connectivity index (χ3v) is 14.1. The number of piperidine rings is 1. The van der Waals surface area contributed by atoms with Gasteiger partial charge < -0.3 is 29.6 Å². The van der Waals surface area contributed by atoms with Crippen molar-refractivity contribution in [2.75, 3.05) is 40.4 Å². The predicted octanol–water partition coefficient (Wildman–Crippen LogP) is 5.15. The van der Waals surface area contributed by atoms with Crippen molar-refractivity contribution in [3.8, 4) is 22.5 Å². The molecule has 0 radical (unpaired) electrons. The first-order valence-corrected chi connectivity index (χ1v) is 22.7. The highest BCUT2D eigenvalue weighted by atomic mass is 32.1. The SMILES string of the molecule is CCn1c(-c2cccnc2[C@H](C)OC)c2c3cc(ccc31)-c1csc(n1)C[C@H](NC(=O)[C@H](C(C)C)N(C)C(=O)[C@H]1[C@@H]3CNC[C@@H]31)C(=O)N1CCC[C@H](N1)C(=O)OCC(C)(C)C2. The Balaban J connectivity index is 1.18. The van der Waals surface area contributed by atoms with E-state index in [2.05, 4.69) is 65.7 Å². The van der Waals surface area contributed by atoms with Crippen LogP contribution in [0.4, 0.5) is 0 Å². The van der Waals surface area contributed by atoms with Crippen LogP contribution in [0.1, 0.15) is 76.8 Å². The molecule has 14 nitrogen and oxygen atoms in total. The molecule has 3 amide bonds. The van der Waals surface area contributed by atoms with Gasteiger partial charge in [-0.2, -0.15) is 0 Å². The Morgan fingerprint density at radius 2 is 1.92 bits per heavy atom. The molecule has 3 aromatic heterocycles. The summed E-state index contributed by atoms with van der Waals surface area (Å²) in [6.45, 7) is 15.0. The second-order valence-corrected chi connectivity index (χ2v) is 19.4. The molecular weight excluding hydrogens is 793 g/mol. The van der Waals surface area contributed by atoms with E-state index in [1.807, 2.05) is 32.2 Å². The van der Waals surface area contributed by atoms with Crippen molar-refractivity contribution in [3.05, 3.63) is 58.2 Å². The fourth-order valence-electron chi connectivity index (χ4n) is 9.90. The van der Waals surface area contributed by atoms with Crippen LogP contribution in [0.3, 0.4) is 0 Å². The van der Waals surface area contributed by atoms with Crippen molar-refractivity contribution in [1.82, 2.24) is 40.5 Å². The Kier molecular flexibility index (Phi) is 12.1. The Bertz CT molecular complexity index is 2310. The lowest BCUT2D eigenvalue weighted by Crippen LogP contribution is -2.62. The number of hydrazine groups is 1. The van der Waals surface area contributed by atoms with E-state index < -0.39 is 35.4 Å². The fraction of sp³-hybridized carbons (Fsp3) is 0.565. The average molecular weight is 853 g/mol. The molecule has 15 heteroatoms. The molecule has 2 saturated heterocycles. The minimum absolute atomic E-state index is 0.0277. The number of carbonyl (C=O) groups is 4. The van der Waals surface area contributed by atoms with Crippen molar-refractivity contribution < 1.29 is 28.7 Å². The van der Waals surface area contributed by atoms with Crippen molar-refractivity contribution in [2.45, 2.75) is 98.0 Å². The number of rotatable bonds is 9. The molecule has 3 aliphatic heterocycles. The number of hydrogen-bond donors (Lipinski definition) is 3. The van der Waals surface area contributed by atoms with Crippen LogP contribution in [0.5, 0.6) is 0 Å². The smallest absolute Gasteiger partial charge is 0.324 e. The second-order valence-electron chi connectivity index (χ2n) is 18.4. The van der Waals surface area contributed by atoms with Crippen LogP contribution in [0, 0.1) is 29.1 Å². The minimum atomic E-state index is -1.01. The number of cyclic esters (lactones) is 1. The van der Waals surface area contributed by atoms with Gasteiger partial charge in [0, 0.05) is 78.6 Å². The van der Waals surface area contributed by atoms with Crippen LogP contribution < -0.4 is 16.1 Å². The number of ether oxygens (including phenoxy) is 2. The van der Waals surface area contributed by atoms with Gasteiger partial charge in [0.1, 0.15) is 18.1 Å². The maximum atomic E-state index is 14.5. The number of benzene rings is 1. The molecular formula is C46H60N8O6S. The molecule has 1 aliphatic carbocycles. The highest BCUT2D eigenvalue weighted by Gasteiger charge is 2.58. The van der Waals surface area contributed by atoms with Gasteiger partial charge in [-0.25, -0.2) is 10.4 Å². The fourth-order valence-corrected chi connectivity index (χ4v) is 10.8. The third kappa shape index (κ3) is 8.33. The zero-order chi connectivity index (χ0) is 43.3. The summed E-state index contributed by atoms with van der Waals surface area (Å²) in [6, 6.07) is 7.93. The number of aryl methyl sites for hydroxylation is 1. The molecule has 7 atom stereocenters. The number of amides is 3. The molecule has 3 N–H and O–H groups in total. The van der Waals surface area contributed by atoms with Gasteiger partial charge >= 0.3 is 5.97 Å². The first-order valence-electron chi connectivity index (χ1n) is 21.8. The lowest BCUT2D eigenvalue weighted by molar-refractivity contribution is -0.155. The molecule has 0 unspecified atom stereocenters. The number of nitrogens with zero attached hydrogens (tertiary/aromatic N) is 5. The van der Waals surface area contributed by atoms with Crippen molar-refractivity contribution >= 4 is 45.9 Å². The second kappa shape index (κ2) is 17.2. The van der Waals surface area contributed by atoms with E-state index >= 15 is 0 Å². The summed E-state index contributed by atoms with van der Waals surface area (Å²) in [5.74, 6) is -0.903. The number of likely N-dealkylation sites (N-methyl/N-ethyl adjacent to an activating group) is 1. The summed E-state index contributed by atoms with van der Waals surface area (Å²) in [7, 11) is 3.39. The summed E-state index contributed by atoms with van der Waals surface area (Å²) < 4.78 is 14.2. The number of esters is 1. The maximum Gasteiger partial charge on any atom is 0.324 e. The molecule has 1 aromatic carbocycles. The zero-order valence-electron chi connectivity index (χ0n) is 36.6. The van der Waals surface area contributed by atoms with Gasteiger partial charge in [0.05, 0.1) is 34.8 Å². The standard InChI is InChI=1S/C46H60N8O6S/c1-9-53-36-15-14-27-18-29(36)30(41(53)28-12-10-16-48-39(28)26(4)59-8)20-46(5,6)24-60-45(58)33-13-11-17-54(51-33)43(56)34(19-37-49-35(27)23-61-37)50-42(55)40(25(2)3)52(7)44(57)38-31-21-47-22-32(31)38/h10,12,14-16,18,23,25-26,31-34,38,40,47,51H,9,11,13,17,19-22,24H2,1-8H3,(H,50,55)/t26-,31-,32+,33-,34-,38+,40-/m0/s1. The zero-order valence-corrected chi connectivity index (χ0v) is 37.4. The molecule has 61 heavy (non-hydrogen) atoms. The first-order chi connectivity index (χ1) is 29.2. The number of thiazole rings is 1. The highest BCUT2D eigenvalue weighted by Crippen LogP contribution is 2.50. The van der Waals surface area contributed by atoms with Gasteiger partial charge in [-0.05, 0) is 93.8 Å². The molecule has 6 bridgehead atoms. The molecule has 8 rings (SSSR count). The Labute approximate surface area is 362 Å². The predicted molar refractivity (Wildman–Crippen MR) is 234 cm³/mol. The van der Waals surface area contributed by atoms with E-state index in [0.717, 1.165) is 57.8 Å². The molecule has 326 valence electrons. The van der Waals surface area contributed by atoms with E-state index in [4.69, 9.17) is 19.4 Å². The normalized spacial score (nSPS) is 24.8. The van der Waals surface area contributed by atoms with Gasteiger partial charge in [-0.1, -0.05) is 33.8 Å². The Morgan fingerprint density at radius 3 is 2.64 bits per heavy atom. The Morgan fingerprint density at radius 1 is 1.15 bits per heavy atom. The van der Waals surface area contributed by atoms with E-state index in [-0.39, 0.29) is 42.8 Å². The van der Waals surface area contributed by atoms with Gasteiger partial charge in [-0.15, -0.1) is 11.3 Å². The number of nitrogens with one attached hydrogen (secondary N) is 3. The molecule has 0 spiro atoms. The van der Waals surface area contributed by atoms with Crippen LogP contribution >= 0.6 is 11.3 Å². The highest BCUT2D eigenvalue weighted by molar-refractivity contribution is 7.10. The van der Waals surface area contributed by atoms with E-state index in [9.17, 15) is 19.2 Å². The quantitative estimate of drug-likeness (QED) is 0.192. The topological polar surface area (TPSA) is 160 Å². The van der Waals surface area contributed by atoms with E-state index in [0.29, 0.717) is 49.2 Å². The summed E-state index contributed by atoms with van der Waals surface area (Å²) in [6.07, 6.45) is 3.35. The largest absolute Gasteiger partial charge is 0.464 e. The van der Waals surface area contributed by atoms with Crippen molar-refractivity contribution in [2.24, 2.45) is 29.1 Å². The summed E-state index contributed by atoms with van der Waals surface area (Å²) in [5.41, 5.74) is 9.44. The Hall–Kier alpha value is -4.70. The number of fused-ring (bicyclic) bond motifs is 7. The minimum Gasteiger partial charge on any atom is -0.464 e. The van der Waals surface area contributed by atoms with Crippen LogP contribution in [0.25, 0.3) is 33.4 Å². The third-order valence-electron chi connectivity index (χ3n) is 13.2. The number of pyridine rings is 1. The lowest BCUT2D eigenvalue weighted by atomic mass is 9.84. The summed E-state index contributed by atoms with van der Waals surface area (Å²) in [4.78, 5) is 67.9. The summed E-state index contributed by atoms with van der Waals surface area (Å²) in [5, 5.41) is 11.6. The number of carbonyl (C=O) groups excluding carboxylic acids is 4. The van der Waals surface area contributed by atoms with Crippen LogP contribution in [0.15, 0.2) is 41.9 Å². The van der Waals surface area contributed by atoms with E-state index in [1.165, 1.54) is 16.3 Å². The summed E-state index contributed by atoms with van der Waals surface area (Å²) >= 11 is 1.44. The first kappa shape index (κ1) is 43.0. The van der Waals surface area contributed by atoms with E-state index in [1.54, 1.807) is 25.3 Å². The van der Waals surface area contributed by atoms with Gasteiger partial charge in [0.25, 0.3) is 5.91 Å². The van der Waals surface area contributed by atoms with Crippen LogP contribution in [-0.2, 0) is 48.0 Å². The van der Waals surface area contributed by atoms with Gasteiger partial charge in [-0.3, -0.25) is 29.2 Å². The molecule has 6 heterocycles. The molecule has 1 saturated carbocycles.